The summed E-state index contributed by atoms with van der Waals surface area (Å²) in [7, 11) is 0. The van der Waals surface area contributed by atoms with Gasteiger partial charge >= 0.3 is 6.18 Å². The standard InChI is InChI=1S/C15H20F3NO/c1-14(2,3)12-5-4-10(15(16,17)18)8-13(12)19-7-6-11(20)9-19/h4-5,8,11,20H,6-7,9H2,1-3H3. The molecule has 0 aliphatic carbocycles. The van der Waals surface area contributed by atoms with Crippen molar-refractivity contribution in [3.05, 3.63) is 29.3 Å². The highest BCUT2D eigenvalue weighted by Crippen LogP contribution is 2.38. The molecule has 1 aliphatic rings. The Kier molecular flexibility index (Phi) is 3.75. The lowest BCUT2D eigenvalue weighted by molar-refractivity contribution is -0.137. The van der Waals surface area contributed by atoms with E-state index in [1.807, 2.05) is 25.7 Å². The van der Waals surface area contributed by atoms with Crippen molar-refractivity contribution >= 4 is 5.69 Å². The smallest absolute Gasteiger partial charge is 0.391 e. The van der Waals surface area contributed by atoms with Gasteiger partial charge in [0.25, 0.3) is 0 Å². The fourth-order valence-corrected chi connectivity index (χ4v) is 2.56. The van der Waals surface area contributed by atoms with Crippen LogP contribution in [-0.4, -0.2) is 24.3 Å². The molecule has 0 saturated carbocycles. The summed E-state index contributed by atoms with van der Waals surface area (Å²) in [5, 5.41) is 9.62. The Balaban J connectivity index is 2.49. The van der Waals surface area contributed by atoms with Gasteiger partial charge in [-0.1, -0.05) is 26.8 Å². The maximum Gasteiger partial charge on any atom is 0.416 e. The van der Waals surface area contributed by atoms with E-state index >= 15 is 0 Å². The Morgan fingerprint density at radius 3 is 2.30 bits per heavy atom. The molecule has 1 unspecified atom stereocenters. The Morgan fingerprint density at radius 1 is 1.20 bits per heavy atom. The van der Waals surface area contributed by atoms with Crippen LogP contribution in [0.3, 0.4) is 0 Å². The maximum absolute atomic E-state index is 12.9. The zero-order valence-electron chi connectivity index (χ0n) is 12.0. The number of benzene rings is 1. The number of β-amino-alcohol motifs (C(OH)–C–C–N with tert-alkyl or cyclic N) is 1. The van der Waals surface area contributed by atoms with Gasteiger partial charge in [0.05, 0.1) is 11.7 Å². The molecule has 1 saturated heterocycles. The largest absolute Gasteiger partial charge is 0.416 e. The summed E-state index contributed by atoms with van der Waals surface area (Å²) < 4.78 is 38.7. The van der Waals surface area contributed by atoms with Gasteiger partial charge in [0.2, 0.25) is 0 Å². The normalized spacial score (nSPS) is 20.6. The molecule has 0 radical (unpaired) electrons. The fourth-order valence-electron chi connectivity index (χ4n) is 2.56. The molecular formula is C15H20F3NO. The molecule has 5 heteroatoms. The van der Waals surface area contributed by atoms with Crippen molar-refractivity contribution < 1.29 is 18.3 Å². The zero-order chi connectivity index (χ0) is 15.1. The summed E-state index contributed by atoms with van der Waals surface area (Å²) in [5.41, 5.74) is 0.581. The number of aliphatic hydroxyl groups excluding tert-OH is 1. The molecule has 1 heterocycles. The molecule has 0 bridgehead atoms. The van der Waals surface area contributed by atoms with Gasteiger partial charge < -0.3 is 10.0 Å². The molecule has 0 amide bonds. The molecule has 1 fully saturated rings. The topological polar surface area (TPSA) is 23.5 Å². The van der Waals surface area contributed by atoms with Gasteiger partial charge in [-0.25, -0.2) is 0 Å². The van der Waals surface area contributed by atoms with Gasteiger partial charge in [0.15, 0.2) is 0 Å². The van der Waals surface area contributed by atoms with Crippen molar-refractivity contribution in [1.29, 1.82) is 0 Å². The highest BCUT2D eigenvalue weighted by atomic mass is 19.4. The predicted octanol–water partition coefficient (Wildman–Crippen LogP) is 3.57. The summed E-state index contributed by atoms with van der Waals surface area (Å²) in [4.78, 5) is 1.85. The van der Waals surface area contributed by atoms with Crippen LogP contribution in [-0.2, 0) is 11.6 Å². The molecule has 0 aromatic heterocycles. The van der Waals surface area contributed by atoms with E-state index < -0.39 is 17.8 Å². The molecule has 0 spiro atoms. The summed E-state index contributed by atoms with van der Waals surface area (Å²) in [6.07, 6.45) is -4.21. The molecule has 2 nitrogen and oxygen atoms in total. The minimum Gasteiger partial charge on any atom is -0.391 e. The number of rotatable bonds is 1. The number of aliphatic hydroxyl groups is 1. The number of halogens is 3. The first kappa shape index (κ1) is 15.2. The van der Waals surface area contributed by atoms with Gasteiger partial charge in [-0.3, -0.25) is 0 Å². The van der Waals surface area contributed by atoms with Crippen molar-refractivity contribution in [3.63, 3.8) is 0 Å². The molecule has 1 aromatic carbocycles. The molecule has 20 heavy (non-hydrogen) atoms. The average molecular weight is 287 g/mol. The predicted molar refractivity (Wildman–Crippen MR) is 73.0 cm³/mol. The first-order valence-electron chi connectivity index (χ1n) is 6.74. The van der Waals surface area contributed by atoms with Crippen LogP contribution in [0.5, 0.6) is 0 Å². The third kappa shape index (κ3) is 3.08. The van der Waals surface area contributed by atoms with E-state index in [0.29, 0.717) is 25.2 Å². The van der Waals surface area contributed by atoms with E-state index in [1.165, 1.54) is 6.07 Å². The number of alkyl halides is 3. The van der Waals surface area contributed by atoms with E-state index in [2.05, 4.69) is 0 Å². The van der Waals surface area contributed by atoms with E-state index in [4.69, 9.17) is 0 Å². The van der Waals surface area contributed by atoms with E-state index in [-0.39, 0.29) is 5.41 Å². The van der Waals surface area contributed by atoms with Crippen LogP contribution in [0.1, 0.15) is 38.3 Å². The number of anilines is 1. The van der Waals surface area contributed by atoms with Crippen LogP contribution in [0.4, 0.5) is 18.9 Å². The second-order valence-electron chi connectivity index (χ2n) is 6.37. The van der Waals surface area contributed by atoms with E-state index in [9.17, 15) is 18.3 Å². The first-order valence-corrected chi connectivity index (χ1v) is 6.74. The van der Waals surface area contributed by atoms with Gasteiger partial charge in [-0.05, 0) is 29.5 Å². The quantitative estimate of drug-likeness (QED) is 0.853. The van der Waals surface area contributed by atoms with Gasteiger partial charge in [0.1, 0.15) is 0 Å². The van der Waals surface area contributed by atoms with Crippen LogP contribution in [0.2, 0.25) is 0 Å². The van der Waals surface area contributed by atoms with Crippen molar-refractivity contribution in [2.24, 2.45) is 0 Å². The van der Waals surface area contributed by atoms with E-state index in [0.717, 1.165) is 11.6 Å². The Labute approximate surface area is 117 Å². The SMILES string of the molecule is CC(C)(C)c1ccc(C(F)(F)F)cc1N1CCC(O)C1. The summed E-state index contributed by atoms with van der Waals surface area (Å²) >= 11 is 0. The molecule has 1 aliphatic heterocycles. The second-order valence-corrected chi connectivity index (χ2v) is 6.37. The van der Waals surface area contributed by atoms with Crippen LogP contribution < -0.4 is 4.90 Å². The highest BCUT2D eigenvalue weighted by molar-refractivity contribution is 5.59. The van der Waals surface area contributed by atoms with Crippen LogP contribution in [0, 0.1) is 0 Å². The molecule has 2 rings (SSSR count). The molecular weight excluding hydrogens is 267 g/mol. The lowest BCUT2D eigenvalue weighted by Crippen LogP contribution is -2.26. The second kappa shape index (κ2) is 4.95. The van der Waals surface area contributed by atoms with Gasteiger partial charge in [-0.2, -0.15) is 13.2 Å². The minimum atomic E-state index is -4.34. The lowest BCUT2D eigenvalue weighted by Gasteiger charge is -2.29. The third-order valence-electron chi connectivity index (χ3n) is 3.64. The van der Waals surface area contributed by atoms with Crippen molar-refractivity contribution in [2.75, 3.05) is 18.0 Å². The number of hydrogen-bond donors (Lipinski definition) is 1. The summed E-state index contributed by atoms with van der Waals surface area (Å²) in [6, 6.07) is 3.90. The van der Waals surface area contributed by atoms with E-state index in [1.54, 1.807) is 6.07 Å². The Hall–Kier alpha value is -1.23. The van der Waals surface area contributed by atoms with Crippen LogP contribution in [0.25, 0.3) is 0 Å². The Bertz CT molecular complexity index is 491. The Morgan fingerprint density at radius 2 is 1.85 bits per heavy atom. The van der Waals surface area contributed by atoms with Gasteiger partial charge in [0, 0.05) is 18.8 Å². The molecule has 1 aromatic rings. The fraction of sp³-hybridized carbons (Fsp3) is 0.600. The number of hydrogen-bond acceptors (Lipinski definition) is 2. The van der Waals surface area contributed by atoms with Crippen LogP contribution in [0.15, 0.2) is 18.2 Å². The monoisotopic (exact) mass is 287 g/mol. The molecule has 1 N–H and O–H groups in total. The van der Waals surface area contributed by atoms with Crippen molar-refractivity contribution in [3.8, 4) is 0 Å². The molecule has 1 atom stereocenters. The van der Waals surface area contributed by atoms with Gasteiger partial charge in [-0.15, -0.1) is 0 Å². The van der Waals surface area contributed by atoms with Crippen molar-refractivity contribution in [1.82, 2.24) is 0 Å². The number of nitrogens with zero attached hydrogens (tertiary/aromatic N) is 1. The average Bonchev–Trinajstić information content (AvgIpc) is 2.72. The lowest BCUT2D eigenvalue weighted by atomic mass is 9.84. The van der Waals surface area contributed by atoms with Crippen molar-refractivity contribution in [2.45, 2.75) is 44.9 Å². The third-order valence-corrected chi connectivity index (χ3v) is 3.64. The maximum atomic E-state index is 12.9. The zero-order valence-corrected chi connectivity index (χ0v) is 12.0. The summed E-state index contributed by atoms with van der Waals surface area (Å²) in [6.45, 7) is 6.92. The summed E-state index contributed by atoms with van der Waals surface area (Å²) in [5.74, 6) is 0. The minimum absolute atomic E-state index is 0.243. The first-order chi connectivity index (χ1) is 9.09. The highest BCUT2D eigenvalue weighted by Gasteiger charge is 2.34. The molecule has 112 valence electrons. The van der Waals surface area contributed by atoms with Crippen LogP contribution >= 0.6 is 0 Å².